The molecule has 2 aromatic rings. The summed E-state index contributed by atoms with van der Waals surface area (Å²) in [5, 5.41) is 15.8. The van der Waals surface area contributed by atoms with Gasteiger partial charge in [-0.2, -0.15) is 10.2 Å². The fraction of sp³-hybridized carbons (Fsp3) is 0.722. The average molecular weight is 346 g/mol. The summed E-state index contributed by atoms with van der Waals surface area (Å²) in [5.74, 6) is 0.0110. The topological polar surface area (TPSA) is 76.8 Å². The van der Waals surface area contributed by atoms with Gasteiger partial charge in [0.1, 0.15) is 17.1 Å². The molecule has 7 nitrogen and oxygen atoms in total. The van der Waals surface area contributed by atoms with Crippen LogP contribution in [0, 0.1) is 6.92 Å². The lowest BCUT2D eigenvalue weighted by molar-refractivity contribution is -0.125. The van der Waals surface area contributed by atoms with Crippen molar-refractivity contribution in [3.63, 3.8) is 0 Å². The Balaban J connectivity index is 1.74. The normalized spacial score (nSPS) is 21.4. The maximum absolute atomic E-state index is 12.8. The second-order valence-electron chi connectivity index (χ2n) is 8.73. The Morgan fingerprint density at radius 2 is 1.88 bits per heavy atom. The predicted molar refractivity (Wildman–Crippen MR) is 98.4 cm³/mol. The summed E-state index contributed by atoms with van der Waals surface area (Å²) < 4.78 is 3.54. The van der Waals surface area contributed by atoms with Crippen LogP contribution in [0.1, 0.15) is 59.2 Å². The van der Waals surface area contributed by atoms with E-state index in [1.54, 1.807) is 9.36 Å². The highest BCUT2D eigenvalue weighted by molar-refractivity contribution is 5.82. The molecule has 7 heteroatoms. The number of carbonyl (C=O) groups excluding carboxylic acids is 1. The Kier molecular flexibility index (Phi) is 4.18. The van der Waals surface area contributed by atoms with E-state index in [1.165, 1.54) is 0 Å². The SMILES string of the molecule is Cc1nn(C)c2cn([C@H](C)C(=O)NC3CC(C)(C)NC(C)(C)C3)nc12. The van der Waals surface area contributed by atoms with Gasteiger partial charge >= 0.3 is 0 Å². The fourth-order valence-corrected chi connectivity index (χ4v) is 4.27. The van der Waals surface area contributed by atoms with Crippen LogP contribution in [0.2, 0.25) is 0 Å². The van der Waals surface area contributed by atoms with Crippen molar-refractivity contribution in [2.75, 3.05) is 0 Å². The lowest BCUT2D eigenvalue weighted by atomic mass is 9.79. The lowest BCUT2D eigenvalue weighted by Gasteiger charge is -2.46. The Morgan fingerprint density at radius 1 is 1.28 bits per heavy atom. The monoisotopic (exact) mass is 346 g/mol. The van der Waals surface area contributed by atoms with Gasteiger partial charge in [-0.05, 0) is 54.4 Å². The number of carbonyl (C=O) groups is 1. The second-order valence-corrected chi connectivity index (χ2v) is 8.73. The third kappa shape index (κ3) is 3.56. The lowest BCUT2D eigenvalue weighted by Crippen LogP contribution is -2.62. The van der Waals surface area contributed by atoms with Gasteiger partial charge in [0, 0.05) is 24.2 Å². The molecule has 0 unspecified atom stereocenters. The zero-order chi connectivity index (χ0) is 18.6. The van der Waals surface area contributed by atoms with Crippen molar-refractivity contribution in [3.8, 4) is 0 Å². The number of hydrogen-bond donors (Lipinski definition) is 2. The molecule has 3 heterocycles. The number of nitrogens with zero attached hydrogens (tertiary/aromatic N) is 4. The molecule has 1 amide bonds. The van der Waals surface area contributed by atoms with Crippen molar-refractivity contribution in [1.82, 2.24) is 30.2 Å². The zero-order valence-electron chi connectivity index (χ0n) is 16.3. The molecular weight excluding hydrogens is 316 g/mol. The molecule has 1 saturated heterocycles. The third-order valence-electron chi connectivity index (χ3n) is 5.02. The number of piperidine rings is 1. The summed E-state index contributed by atoms with van der Waals surface area (Å²) in [6, 6.07) is -0.192. The molecule has 2 aromatic heterocycles. The molecule has 3 rings (SSSR count). The standard InChI is InChI=1S/C18H30N6O/c1-11-15-14(23(7)20-11)10-24(21-15)12(2)16(25)19-13-8-17(3,4)22-18(5,6)9-13/h10,12-13,22H,8-9H2,1-7H3,(H,19,25)/t12-/m1/s1. The minimum absolute atomic E-state index is 0.00605. The largest absolute Gasteiger partial charge is 0.351 e. The van der Waals surface area contributed by atoms with Gasteiger partial charge in [-0.3, -0.25) is 14.2 Å². The first-order valence-corrected chi connectivity index (χ1v) is 8.96. The first-order valence-electron chi connectivity index (χ1n) is 8.96. The van der Waals surface area contributed by atoms with E-state index < -0.39 is 0 Å². The molecule has 138 valence electrons. The van der Waals surface area contributed by atoms with E-state index in [9.17, 15) is 4.79 Å². The van der Waals surface area contributed by atoms with Gasteiger partial charge in [-0.15, -0.1) is 0 Å². The molecule has 2 N–H and O–H groups in total. The summed E-state index contributed by atoms with van der Waals surface area (Å²) in [4.78, 5) is 12.8. The van der Waals surface area contributed by atoms with Gasteiger partial charge in [0.05, 0.1) is 11.9 Å². The number of amides is 1. The Bertz CT molecular complexity index is 749. The van der Waals surface area contributed by atoms with Gasteiger partial charge in [0.25, 0.3) is 0 Å². The molecule has 0 radical (unpaired) electrons. The summed E-state index contributed by atoms with van der Waals surface area (Å²) in [7, 11) is 1.89. The molecule has 25 heavy (non-hydrogen) atoms. The highest BCUT2D eigenvalue weighted by atomic mass is 16.2. The minimum Gasteiger partial charge on any atom is -0.351 e. The highest BCUT2D eigenvalue weighted by Crippen LogP contribution is 2.29. The van der Waals surface area contributed by atoms with Gasteiger partial charge < -0.3 is 10.6 Å². The Labute approximate surface area is 149 Å². The van der Waals surface area contributed by atoms with E-state index >= 15 is 0 Å². The first kappa shape index (κ1) is 17.9. The summed E-state index contributed by atoms with van der Waals surface area (Å²) in [6.07, 6.45) is 3.73. The molecule has 0 aliphatic carbocycles. The van der Waals surface area contributed by atoms with E-state index in [-0.39, 0.29) is 29.1 Å². The van der Waals surface area contributed by atoms with E-state index in [0.29, 0.717) is 0 Å². The molecule has 0 spiro atoms. The van der Waals surface area contributed by atoms with E-state index in [2.05, 4.69) is 48.5 Å². The van der Waals surface area contributed by atoms with Gasteiger partial charge in [-0.1, -0.05) is 0 Å². The molecule has 1 aliphatic rings. The smallest absolute Gasteiger partial charge is 0.244 e. The molecule has 0 bridgehead atoms. The number of rotatable bonds is 3. The average Bonchev–Trinajstić information content (AvgIpc) is 2.97. The Morgan fingerprint density at radius 3 is 2.44 bits per heavy atom. The van der Waals surface area contributed by atoms with Crippen LogP contribution in [0.25, 0.3) is 11.0 Å². The number of hydrogen-bond acceptors (Lipinski definition) is 4. The molecule has 1 atom stereocenters. The number of nitrogens with one attached hydrogen (secondary N) is 2. The Hall–Kier alpha value is -1.89. The van der Waals surface area contributed by atoms with Gasteiger partial charge in [0.15, 0.2) is 0 Å². The predicted octanol–water partition coefficient (Wildman–Crippen LogP) is 2.06. The van der Waals surface area contributed by atoms with Crippen molar-refractivity contribution in [2.24, 2.45) is 7.05 Å². The van der Waals surface area contributed by atoms with E-state index in [0.717, 1.165) is 29.6 Å². The van der Waals surface area contributed by atoms with E-state index in [4.69, 9.17) is 0 Å². The zero-order valence-corrected chi connectivity index (χ0v) is 16.3. The molecule has 1 aliphatic heterocycles. The van der Waals surface area contributed by atoms with Crippen molar-refractivity contribution in [3.05, 3.63) is 11.9 Å². The van der Waals surface area contributed by atoms with Crippen LogP contribution in [-0.2, 0) is 11.8 Å². The number of fused-ring (bicyclic) bond motifs is 1. The fourth-order valence-electron chi connectivity index (χ4n) is 4.27. The van der Waals surface area contributed by atoms with Crippen LogP contribution < -0.4 is 10.6 Å². The van der Waals surface area contributed by atoms with Crippen LogP contribution >= 0.6 is 0 Å². The van der Waals surface area contributed by atoms with Crippen molar-refractivity contribution >= 4 is 16.9 Å². The summed E-state index contributed by atoms with van der Waals surface area (Å²) in [5.41, 5.74) is 2.69. The van der Waals surface area contributed by atoms with Crippen LogP contribution in [0.5, 0.6) is 0 Å². The third-order valence-corrected chi connectivity index (χ3v) is 5.02. The van der Waals surface area contributed by atoms with Crippen molar-refractivity contribution in [1.29, 1.82) is 0 Å². The summed E-state index contributed by atoms with van der Waals surface area (Å²) >= 11 is 0. The minimum atomic E-state index is -0.354. The quantitative estimate of drug-likeness (QED) is 0.892. The van der Waals surface area contributed by atoms with Crippen LogP contribution in [-0.4, -0.2) is 42.6 Å². The van der Waals surface area contributed by atoms with Crippen molar-refractivity contribution < 1.29 is 4.79 Å². The van der Waals surface area contributed by atoms with Gasteiger partial charge in [0.2, 0.25) is 5.91 Å². The summed E-state index contributed by atoms with van der Waals surface area (Å²) in [6.45, 7) is 12.6. The second kappa shape index (κ2) is 5.83. The number of aromatic nitrogens is 4. The first-order chi connectivity index (χ1) is 11.5. The van der Waals surface area contributed by atoms with Gasteiger partial charge in [-0.25, -0.2) is 0 Å². The molecule has 0 saturated carbocycles. The molecule has 1 fully saturated rings. The molecular formula is C18H30N6O. The number of aryl methyl sites for hydroxylation is 2. The van der Waals surface area contributed by atoms with Crippen molar-refractivity contribution in [2.45, 2.75) is 77.5 Å². The maximum atomic E-state index is 12.8. The van der Waals surface area contributed by atoms with E-state index in [1.807, 2.05) is 27.1 Å². The van der Waals surface area contributed by atoms with Crippen LogP contribution in [0.3, 0.4) is 0 Å². The van der Waals surface area contributed by atoms with Crippen LogP contribution in [0.15, 0.2) is 6.20 Å². The van der Waals surface area contributed by atoms with Crippen LogP contribution in [0.4, 0.5) is 0 Å². The molecule has 0 aromatic carbocycles. The highest BCUT2D eigenvalue weighted by Gasteiger charge is 2.38. The maximum Gasteiger partial charge on any atom is 0.244 e.